The van der Waals surface area contributed by atoms with Crippen LogP contribution in [0.2, 0.25) is 10.0 Å². The second-order valence-corrected chi connectivity index (χ2v) is 13.4. The van der Waals surface area contributed by atoms with Crippen molar-refractivity contribution in [2.75, 3.05) is 19.7 Å². The molecule has 1 aromatic carbocycles. The number of benzene rings is 1. The topological polar surface area (TPSA) is 98.2 Å². The van der Waals surface area contributed by atoms with Crippen LogP contribution in [-0.2, 0) is 19.6 Å². The molecule has 1 N–H and O–H groups in total. The highest BCUT2D eigenvalue weighted by Gasteiger charge is 2.57. The van der Waals surface area contributed by atoms with Crippen LogP contribution in [0.25, 0.3) is 0 Å². The summed E-state index contributed by atoms with van der Waals surface area (Å²) in [6.45, 7) is 3.26. The van der Waals surface area contributed by atoms with Gasteiger partial charge in [-0.15, -0.1) is 0 Å². The van der Waals surface area contributed by atoms with Crippen molar-refractivity contribution in [3.05, 3.63) is 28.2 Å². The molecule has 198 valence electrons. The van der Waals surface area contributed by atoms with E-state index < -0.39 is 34.1 Å². The summed E-state index contributed by atoms with van der Waals surface area (Å²) in [6.07, 6.45) is 4.55. The molecule has 36 heavy (non-hydrogen) atoms. The van der Waals surface area contributed by atoms with Gasteiger partial charge in [0.05, 0.1) is 4.90 Å². The van der Waals surface area contributed by atoms with Crippen molar-refractivity contribution in [1.82, 2.24) is 14.1 Å². The number of carbonyl (C=O) groups excluding carboxylic acids is 2. The minimum absolute atomic E-state index is 0.0538. The van der Waals surface area contributed by atoms with Crippen LogP contribution in [0.3, 0.4) is 0 Å². The van der Waals surface area contributed by atoms with E-state index >= 15 is 0 Å². The zero-order chi connectivity index (χ0) is 25.8. The number of hydrogen-bond acceptors (Lipinski definition) is 5. The van der Waals surface area contributed by atoms with Gasteiger partial charge in [-0.25, -0.2) is 8.42 Å². The molecule has 1 unspecified atom stereocenters. The molecule has 2 amide bonds. The number of rotatable bonds is 4. The molecule has 4 aliphatic rings. The molecule has 0 spiro atoms. The highest BCUT2D eigenvalue weighted by atomic mass is 35.5. The number of hydrogen-bond donors (Lipinski definition) is 1. The van der Waals surface area contributed by atoms with Gasteiger partial charge < -0.3 is 14.9 Å². The molecule has 0 aromatic heterocycles. The zero-order valence-corrected chi connectivity index (χ0v) is 22.7. The summed E-state index contributed by atoms with van der Waals surface area (Å²) in [4.78, 5) is 31.1. The monoisotopic (exact) mass is 557 g/mol. The standard InChI is InChI=1S/C25H33Cl2N3O5S/c1-15-7-9-28(10-8-15)24(32)22-6-5-20-19(14-31)21-3-2-4-23(25(33)29(20)22)30(21)36(34,35)18-12-16(26)11-17(27)13-18/h11-13,15,19-23,31H,2-10,14H2,1H3/t19-,20-,21-,22-,23?/m0/s1. The third-order valence-corrected chi connectivity index (χ3v) is 10.9. The first-order chi connectivity index (χ1) is 17.1. The number of likely N-dealkylation sites (tertiary alicyclic amines) is 1. The third-order valence-electron chi connectivity index (χ3n) is 8.57. The lowest BCUT2D eigenvalue weighted by molar-refractivity contribution is -0.148. The Hall–Kier alpha value is -1.39. The van der Waals surface area contributed by atoms with Crippen LogP contribution in [-0.4, -0.2) is 83.3 Å². The van der Waals surface area contributed by atoms with Gasteiger partial charge in [-0.3, -0.25) is 9.59 Å². The molecule has 8 nitrogen and oxygen atoms in total. The fourth-order valence-corrected chi connectivity index (χ4v) is 9.31. The predicted molar refractivity (Wildman–Crippen MR) is 136 cm³/mol. The molecular weight excluding hydrogens is 525 g/mol. The van der Waals surface area contributed by atoms with Crippen molar-refractivity contribution in [3.63, 3.8) is 0 Å². The Labute approximate surface area is 222 Å². The lowest BCUT2D eigenvalue weighted by Gasteiger charge is -2.41. The predicted octanol–water partition coefficient (Wildman–Crippen LogP) is 3.15. The Bertz CT molecular complexity index is 1120. The summed E-state index contributed by atoms with van der Waals surface area (Å²) in [6, 6.07) is 1.66. The Morgan fingerprint density at radius 2 is 1.67 bits per heavy atom. The van der Waals surface area contributed by atoms with Gasteiger partial charge in [-0.1, -0.05) is 30.1 Å². The van der Waals surface area contributed by atoms with Crippen LogP contribution in [0.15, 0.2) is 23.1 Å². The summed E-state index contributed by atoms with van der Waals surface area (Å²) in [7, 11) is -4.15. The van der Waals surface area contributed by atoms with Gasteiger partial charge in [0.15, 0.2) is 0 Å². The van der Waals surface area contributed by atoms with E-state index in [1.54, 1.807) is 4.90 Å². The van der Waals surface area contributed by atoms with Gasteiger partial charge in [0.2, 0.25) is 21.8 Å². The Balaban J connectivity index is 1.52. The number of piperidine rings is 2. The molecule has 5 atom stereocenters. The average Bonchev–Trinajstić information content (AvgIpc) is 3.26. The molecule has 4 saturated heterocycles. The zero-order valence-electron chi connectivity index (χ0n) is 20.4. The molecule has 11 heteroatoms. The minimum atomic E-state index is -4.15. The fourth-order valence-electron chi connectivity index (χ4n) is 6.72. The lowest BCUT2D eigenvalue weighted by atomic mass is 9.86. The van der Waals surface area contributed by atoms with Crippen molar-refractivity contribution in [2.45, 2.75) is 80.9 Å². The smallest absolute Gasteiger partial charge is 0.245 e. The van der Waals surface area contributed by atoms with E-state index in [1.165, 1.54) is 22.5 Å². The number of carbonyl (C=O) groups is 2. The summed E-state index contributed by atoms with van der Waals surface area (Å²) in [5.41, 5.74) is 0. The number of fused-ring (bicyclic) bond motifs is 3. The molecule has 1 aromatic rings. The van der Waals surface area contributed by atoms with Crippen LogP contribution in [0.1, 0.15) is 51.9 Å². The second-order valence-electron chi connectivity index (χ2n) is 10.7. The molecule has 4 fully saturated rings. The Morgan fingerprint density at radius 3 is 2.31 bits per heavy atom. The number of aliphatic hydroxyl groups is 1. The number of sulfonamides is 1. The number of nitrogens with zero attached hydrogens (tertiary/aromatic N) is 3. The average molecular weight is 559 g/mol. The normalized spacial score (nSPS) is 31.9. The van der Waals surface area contributed by atoms with E-state index in [9.17, 15) is 23.1 Å². The molecule has 5 rings (SSSR count). The van der Waals surface area contributed by atoms with Crippen LogP contribution >= 0.6 is 23.2 Å². The van der Waals surface area contributed by atoms with Gasteiger partial charge in [-0.2, -0.15) is 4.31 Å². The first kappa shape index (κ1) is 26.2. The molecular formula is C25H33Cl2N3O5S. The Kier molecular flexibility index (Phi) is 7.33. The molecule has 0 aliphatic carbocycles. The number of halogens is 2. The summed E-state index contributed by atoms with van der Waals surface area (Å²) in [5, 5.41) is 10.9. The summed E-state index contributed by atoms with van der Waals surface area (Å²) >= 11 is 12.2. The van der Waals surface area contributed by atoms with E-state index in [0.717, 1.165) is 12.8 Å². The molecule has 0 saturated carbocycles. The second kappa shape index (κ2) is 10.1. The van der Waals surface area contributed by atoms with Gasteiger partial charge in [0.25, 0.3) is 0 Å². The number of amides is 2. The molecule has 4 heterocycles. The quantitative estimate of drug-likeness (QED) is 0.613. The van der Waals surface area contributed by atoms with E-state index in [2.05, 4.69) is 6.92 Å². The van der Waals surface area contributed by atoms with Crippen LogP contribution < -0.4 is 0 Å². The summed E-state index contributed by atoms with van der Waals surface area (Å²) < 4.78 is 29.2. The minimum Gasteiger partial charge on any atom is -0.396 e. The van der Waals surface area contributed by atoms with Crippen LogP contribution in [0, 0.1) is 11.8 Å². The van der Waals surface area contributed by atoms with Crippen molar-refractivity contribution < 1.29 is 23.1 Å². The fraction of sp³-hybridized carbons (Fsp3) is 0.680. The van der Waals surface area contributed by atoms with Crippen LogP contribution in [0.5, 0.6) is 0 Å². The molecule has 0 radical (unpaired) electrons. The number of aliphatic hydroxyl groups excluding tert-OH is 1. The Morgan fingerprint density at radius 1 is 1.00 bits per heavy atom. The lowest BCUT2D eigenvalue weighted by Crippen LogP contribution is -2.57. The maximum atomic E-state index is 14.1. The van der Waals surface area contributed by atoms with E-state index in [4.69, 9.17) is 23.2 Å². The first-order valence-corrected chi connectivity index (χ1v) is 15.0. The van der Waals surface area contributed by atoms with Crippen molar-refractivity contribution in [3.8, 4) is 0 Å². The first-order valence-electron chi connectivity index (χ1n) is 12.8. The van der Waals surface area contributed by atoms with Crippen molar-refractivity contribution in [1.29, 1.82) is 0 Å². The third kappa shape index (κ3) is 4.45. The van der Waals surface area contributed by atoms with Gasteiger partial charge in [0, 0.05) is 47.7 Å². The van der Waals surface area contributed by atoms with Crippen molar-refractivity contribution in [2.24, 2.45) is 11.8 Å². The van der Waals surface area contributed by atoms with Gasteiger partial charge in [0.1, 0.15) is 12.1 Å². The van der Waals surface area contributed by atoms with E-state index in [-0.39, 0.29) is 39.4 Å². The highest BCUT2D eigenvalue weighted by Crippen LogP contribution is 2.44. The SMILES string of the molecule is CC1CCN(C(=O)[C@@H]2CC[C@H]3[C@H](CO)[C@@H]4CCCC(C(=O)N23)N4S(=O)(=O)c2cc(Cl)cc(Cl)c2)CC1. The highest BCUT2D eigenvalue weighted by molar-refractivity contribution is 7.89. The summed E-state index contributed by atoms with van der Waals surface area (Å²) in [5.74, 6) is -0.301. The molecule has 2 bridgehead atoms. The van der Waals surface area contributed by atoms with Crippen molar-refractivity contribution >= 4 is 45.0 Å². The maximum absolute atomic E-state index is 14.1. The van der Waals surface area contributed by atoms with Crippen LogP contribution in [0.4, 0.5) is 0 Å². The van der Waals surface area contributed by atoms with E-state index in [1.807, 2.05) is 4.90 Å². The maximum Gasteiger partial charge on any atom is 0.245 e. The van der Waals surface area contributed by atoms with E-state index in [0.29, 0.717) is 51.1 Å². The molecule has 4 aliphatic heterocycles. The van der Waals surface area contributed by atoms with Gasteiger partial charge >= 0.3 is 0 Å². The largest absolute Gasteiger partial charge is 0.396 e. The van der Waals surface area contributed by atoms with Gasteiger partial charge in [-0.05, 0) is 69.1 Å².